The number of ether oxygens (including phenoxy) is 2. The number of rotatable bonds is 59. The van der Waals surface area contributed by atoms with Crippen molar-refractivity contribution in [2.45, 2.75) is 296 Å². The van der Waals surface area contributed by atoms with Gasteiger partial charge in [-0.05, 0) is 83.5 Å². The molecule has 0 fully saturated rings. The maximum Gasteiger partial charge on any atom is 0.472 e. The fourth-order valence-corrected chi connectivity index (χ4v) is 9.78. The predicted octanol–water partition coefficient (Wildman–Crippen LogP) is 20.4. The highest BCUT2D eigenvalue weighted by Crippen LogP contribution is 2.43. The van der Waals surface area contributed by atoms with E-state index in [0.29, 0.717) is 17.4 Å². The zero-order valence-electron chi connectivity index (χ0n) is 50.9. The van der Waals surface area contributed by atoms with Crippen molar-refractivity contribution in [1.29, 1.82) is 0 Å². The minimum Gasteiger partial charge on any atom is -0.462 e. The van der Waals surface area contributed by atoms with E-state index >= 15 is 0 Å². The Hall–Kier alpha value is -2.55. The molecule has 0 aromatic heterocycles. The fraction of sp³-hybridized carbons (Fsp3) is 0.791. The number of phosphoric acid groups is 1. The second kappa shape index (κ2) is 58.1. The molecule has 1 N–H and O–H groups in total. The lowest BCUT2D eigenvalue weighted by Gasteiger charge is -2.24. The van der Waals surface area contributed by atoms with Crippen LogP contribution < -0.4 is 0 Å². The Labute approximate surface area is 476 Å². The van der Waals surface area contributed by atoms with E-state index in [1.54, 1.807) is 0 Å². The summed E-state index contributed by atoms with van der Waals surface area (Å²) in [5, 5.41) is 0. The van der Waals surface area contributed by atoms with Gasteiger partial charge in [-0.15, -0.1) is 0 Å². The van der Waals surface area contributed by atoms with Crippen LogP contribution in [0.1, 0.15) is 290 Å². The number of allylic oxidation sites excluding steroid dienone is 12. The van der Waals surface area contributed by atoms with E-state index in [-0.39, 0.29) is 32.0 Å². The third-order valence-corrected chi connectivity index (χ3v) is 15.0. The molecule has 0 aromatic rings. The first-order valence-corrected chi connectivity index (χ1v) is 33.7. The molecule has 10 heteroatoms. The Kier molecular flexibility index (Phi) is 56.2. The Balaban J connectivity index is 4.01. The second-order valence-electron chi connectivity index (χ2n) is 22.8. The number of hydrogen-bond donors (Lipinski definition) is 1. The highest BCUT2D eigenvalue weighted by molar-refractivity contribution is 7.47. The number of likely N-dealkylation sites (N-methyl/N-ethyl adjacent to an activating group) is 1. The van der Waals surface area contributed by atoms with Gasteiger partial charge in [-0.1, -0.05) is 267 Å². The summed E-state index contributed by atoms with van der Waals surface area (Å²) in [5.74, 6) is -0.792. The normalized spacial score (nSPS) is 13.7. The average Bonchev–Trinajstić information content (AvgIpc) is 3.39. The van der Waals surface area contributed by atoms with Gasteiger partial charge in [-0.3, -0.25) is 18.6 Å². The smallest absolute Gasteiger partial charge is 0.462 e. The van der Waals surface area contributed by atoms with Gasteiger partial charge in [-0.25, -0.2) is 4.57 Å². The summed E-state index contributed by atoms with van der Waals surface area (Å²) in [7, 11) is 1.48. The molecule has 0 aliphatic rings. The molecule has 0 saturated carbocycles. The summed E-state index contributed by atoms with van der Waals surface area (Å²) in [6, 6.07) is 0. The van der Waals surface area contributed by atoms with Crippen molar-refractivity contribution in [3.8, 4) is 0 Å². The molecule has 0 aliphatic carbocycles. The van der Waals surface area contributed by atoms with E-state index in [1.807, 2.05) is 21.1 Å². The molecule has 0 radical (unpaired) electrons. The van der Waals surface area contributed by atoms with Crippen LogP contribution in [0.25, 0.3) is 0 Å². The lowest BCUT2D eigenvalue weighted by atomic mass is 10.0. The Morgan fingerprint density at radius 2 is 0.740 bits per heavy atom. The van der Waals surface area contributed by atoms with Gasteiger partial charge in [0.15, 0.2) is 6.10 Å². The van der Waals surface area contributed by atoms with Crippen LogP contribution in [-0.4, -0.2) is 74.9 Å². The van der Waals surface area contributed by atoms with Crippen molar-refractivity contribution >= 4 is 19.8 Å². The topological polar surface area (TPSA) is 108 Å². The molecule has 2 unspecified atom stereocenters. The van der Waals surface area contributed by atoms with Crippen molar-refractivity contribution in [2.75, 3.05) is 47.5 Å². The average molecular weight is 1100 g/mol. The summed E-state index contributed by atoms with van der Waals surface area (Å²) < 4.78 is 34.6. The van der Waals surface area contributed by atoms with Crippen molar-refractivity contribution in [3.05, 3.63) is 72.9 Å². The molecule has 0 rings (SSSR count). The monoisotopic (exact) mass is 1100 g/mol. The molecule has 0 amide bonds. The van der Waals surface area contributed by atoms with Crippen LogP contribution in [-0.2, 0) is 32.7 Å². The Bertz CT molecular complexity index is 1530. The van der Waals surface area contributed by atoms with Gasteiger partial charge in [0, 0.05) is 12.8 Å². The Morgan fingerprint density at radius 3 is 1.12 bits per heavy atom. The SMILES string of the molecule is CC/C=C\C/C=C\C/C=C\C/C=C\C/C=C\CCCCCCCCCCCCCCCCCCCCCC(=O)OC(COC(=O)CCCCCCCCC/C=C\CCCCCCCCC)COP(=O)(O)OCC[N+](C)(C)C. The molecule has 0 spiro atoms. The van der Waals surface area contributed by atoms with Crippen LogP contribution in [0.3, 0.4) is 0 Å². The summed E-state index contributed by atoms with van der Waals surface area (Å²) in [6.45, 7) is 4.35. The third-order valence-electron chi connectivity index (χ3n) is 14.0. The number of carbonyl (C=O) groups excluding carboxylic acids is 2. The molecule has 0 aliphatic heterocycles. The predicted molar refractivity (Wildman–Crippen MR) is 330 cm³/mol. The largest absolute Gasteiger partial charge is 0.472 e. The van der Waals surface area contributed by atoms with Crippen molar-refractivity contribution in [2.24, 2.45) is 0 Å². The number of esters is 2. The second-order valence-corrected chi connectivity index (χ2v) is 24.2. The molecular formula is C67H123NO8P+. The minimum absolute atomic E-state index is 0.0310. The van der Waals surface area contributed by atoms with Gasteiger partial charge in [0.25, 0.3) is 0 Å². The van der Waals surface area contributed by atoms with Gasteiger partial charge in [-0.2, -0.15) is 0 Å². The highest BCUT2D eigenvalue weighted by Gasteiger charge is 2.27. The molecular weight excluding hydrogens is 978 g/mol. The zero-order valence-corrected chi connectivity index (χ0v) is 51.8. The molecule has 0 aromatic carbocycles. The molecule has 9 nitrogen and oxygen atoms in total. The van der Waals surface area contributed by atoms with Crippen LogP contribution in [0.15, 0.2) is 72.9 Å². The highest BCUT2D eigenvalue weighted by atomic mass is 31.2. The van der Waals surface area contributed by atoms with Crippen molar-refractivity contribution in [1.82, 2.24) is 0 Å². The molecule has 77 heavy (non-hydrogen) atoms. The Morgan fingerprint density at radius 1 is 0.416 bits per heavy atom. The van der Waals surface area contributed by atoms with Crippen LogP contribution in [0, 0.1) is 0 Å². The van der Waals surface area contributed by atoms with E-state index in [0.717, 1.165) is 64.2 Å². The van der Waals surface area contributed by atoms with Gasteiger partial charge in [0.2, 0.25) is 0 Å². The van der Waals surface area contributed by atoms with E-state index < -0.39 is 26.5 Å². The zero-order chi connectivity index (χ0) is 56.3. The van der Waals surface area contributed by atoms with E-state index in [4.69, 9.17) is 18.5 Å². The summed E-state index contributed by atoms with van der Waals surface area (Å²) in [5.41, 5.74) is 0. The number of hydrogen-bond acceptors (Lipinski definition) is 7. The quantitative estimate of drug-likeness (QED) is 0.0211. The number of quaternary nitrogens is 1. The maximum atomic E-state index is 12.8. The van der Waals surface area contributed by atoms with Gasteiger partial charge in [0.1, 0.15) is 19.8 Å². The molecule has 0 saturated heterocycles. The summed E-state index contributed by atoms with van der Waals surface area (Å²) >= 11 is 0. The standard InChI is InChI=1S/C67H122NO8P/c1-6-8-10-12-14-16-18-20-22-24-26-27-28-29-30-31-32-33-34-35-36-37-38-39-40-41-42-44-46-48-50-52-54-56-58-60-67(70)76-65(64-75-77(71,72)74-62-61-68(3,4)5)63-73-66(69)59-57-55-53-51-49-47-45-43-25-23-21-19-17-15-13-11-9-7-2/h8,10,14,16,20,22-23,25-27,29-30,65H,6-7,9,11-13,15,17-19,21,24,28,31-64H2,1-5H3/p+1/b10-8-,16-14-,22-20-,25-23-,27-26-,30-29-. The maximum absolute atomic E-state index is 12.8. The van der Waals surface area contributed by atoms with Crippen LogP contribution >= 0.6 is 7.82 Å². The number of nitrogens with zero attached hydrogens (tertiary/aromatic N) is 1. The van der Waals surface area contributed by atoms with Gasteiger partial charge < -0.3 is 18.9 Å². The van der Waals surface area contributed by atoms with E-state index in [1.165, 1.54) is 193 Å². The lowest BCUT2D eigenvalue weighted by molar-refractivity contribution is -0.870. The third kappa shape index (κ3) is 62.5. The first kappa shape index (κ1) is 74.5. The lowest BCUT2D eigenvalue weighted by Crippen LogP contribution is -2.37. The summed E-state index contributed by atoms with van der Waals surface area (Å²) in [4.78, 5) is 35.7. The number of carbonyl (C=O) groups is 2. The molecule has 2 atom stereocenters. The molecule has 448 valence electrons. The van der Waals surface area contributed by atoms with Crippen LogP contribution in [0.2, 0.25) is 0 Å². The number of phosphoric ester groups is 1. The van der Waals surface area contributed by atoms with Gasteiger partial charge in [0.05, 0.1) is 27.7 Å². The van der Waals surface area contributed by atoms with Crippen molar-refractivity contribution in [3.63, 3.8) is 0 Å². The van der Waals surface area contributed by atoms with Crippen molar-refractivity contribution < 1.29 is 42.1 Å². The van der Waals surface area contributed by atoms with Crippen LogP contribution in [0.4, 0.5) is 0 Å². The van der Waals surface area contributed by atoms with Crippen LogP contribution in [0.5, 0.6) is 0 Å². The summed E-state index contributed by atoms with van der Waals surface area (Å²) in [6.07, 6.45) is 77.1. The first-order valence-electron chi connectivity index (χ1n) is 32.2. The molecule has 0 heterocycles. The minimum atomic E-state index is -4.39. The number of unbranched alkanes of at least 4 members (excludes halogenated alkanes) is 33. The fourth-order valence-electron chi connectivity index (χ4n) is 9.04. The van der Waals surface area contributed by atoms with E-state index in [2.05, 4.69) is 86.8 Å². The van der Waals surface area contributed by atoms with E-state index in [9.17, 15) is 19.0 Å². The molecule has 0 bridgehead atoms. The first-order chi connectivity index (χ1) is 37.5. The van der Waals surface area contributed by atoms with Gasteiger partial charge >= 0.3 is 19.8 Å².